The Balaban J connectivity index is 4.21. The number of nitrogens with one attached hydrogen (secondary N) is 4. The molecule has 13 nitrogen and oxygen atoms in total. The van der Waals surface area contributed by atoms with E-state index in [1.54, 1.807) is 0 Å². The molecule has 0 fully saturated rings. The molecule has 2 amide bonds. The lowest BCUT2D eigenvalue weighted by Crippen LogP contribution is -2.47. The topological polar surface area (TPSA) is 214 Å². The Morgan fingerprint density at radius 1 is 0.697 bits per heavy atom. The van der Waals surface area contributed by atoms with E-state index in [0.717, 1.165) is 0 Å². The third kappa shape index (κ3) is 14.3. The third-order valence-electron chi connectivity index (χ3n) is 4.60. The third-order valence-corrected chi connectivity index (χ3v) is 4.60. The summed E-state index contributed by atoms with van der Waals surface area (Å²) < 4.78 is 0. The molecule has 0 aromatic carbocycles. The van der Waals surface area contributed by atoms with Gasteiger partial charge in [-0.15, -0.1) is 0 Å². The molecule has 0 bridgehead atoms. The molecule has 8 N–H and O–H groups in total. The number of rotatable bonds is 19. The Hall–Kier alpha value is -2.45. The maximum atomic E-state index is 12.0. The van der Waals surface area contributed by atoms with Crippen molar-refractivity contribution in [3.63, 3.8) is 0 Å². The van der Waals surface area contributed by atoms with Crippen LogP contribution in [0.4, 0.5) is 0 Å². The van der Waals surface area contributed by atoms with Crippen LogP contribution in [0.25, 0.3) is 0 Å². The number of aliphatic hydroxyl groups is 3. The summed E-state index contributed by atoms with van der Waals surface area (Å²) in [5.41, 5.74) is -2.56. The summed E-state index contributed by atoms with van der Waals surface area (Å²) in [6, 6.07) is 0. The van der Waals surface area contributed by atoms with Crippen molar-refractivity contribution in [3.8, 4) is 0 Å². The van der Waals surface area contributed by atoms with Crippen LogP contribution in [0.5, 0.6) is 0 Å². The molecule has 0 aliphatic heterocycles. The van der Waals surface area contributed by atoms with Crippen LogP contribution in [-0.2, 0) is 24.0 Å². The van der Waals surface area contributed by atoms with Crippen LogP contribution in [0.2, 0.25) is 0 Å². The lowest BCUT2D eigenvalue weighted by molar-refractivity contribution is -0.164. The number of amides is 2. The predicted molar refractivity (Wildman–Crippen MR) is 116 cm³/mol. The molecule has 0 radical (unpaired) electrons. The SMILES string of the molecule is CC(=O)C(O)NCCCCNC(=O)CC(O)(CC(=O)NCCCCNC(O)C(C)=O)C(=O)O. The first kappa shape index (κ1) is 30.6. The number of hydrogen-bond donors (Lipinski definition) is 8. The standard InChI is InChI=1S/C20H36N4O9/c1-13(25)17(29)23-9-5-3-7-21-15(27)11-20(33,19(31)32)12-16(28)22-8-4-6-10-24-18(30)14(2)26/h17-18,23-24,29-30,33H,3-12H2,1-2H3,(H,21,27)(H,22,28)(H,31,32). The first-order chi connectivity index (χ1) is 15.4. The fourth-order valence-corrected chi connectivity index (χ4v) is 2.59. The highest BCUT2D eigenvalue weighted by Crippen LogP contribution is 2.16. The van der Waals surface area contributed by atoms with Gasteiger partial charge in [-0.25, -0.2) is 4.79 Å². The van der Waals surface area contributed by atoms with Crippen LogP contribution in [-0.4, -0.2) is 94.0 Å². The van der Waals surface area contributed by atoms with E-state index in [0.29, 0.717) is 38.8 Å². The average Bonchev–Trinajstić information content (AvgIpc) is 2.72. The number of hydrogen-bond acceptors (Lipinski definition) is 10. The number of carbonyl (C=O) groups excluding carboxylic acids is 4. The minimum atomic E-state index is -2.56. The lowest BCUT2D eigenvalue weighted by atomic mass is 9.94. The molecule has 0 heterocycles. The molecule has 190 valence electrons. The van der Waals surface area contributed by atoms with Crippen LogP contribution in [0.15, 0.2) is 0 Å². The van der Waals surface area contributed by atoms with Crippen LogP contribution in [0, 0.1) is 0 Å². The highest BCUT2D eigenvalue weighted by molar-refractivity contribution is 5.91. The molecule has 0 aliphatic rings. The summed E-state index contributed by atoms with van der Waals surface area (Å²) in [6.45, 7) is 3.52. The molecule has 0 rings (SSSR count). The van der Waals surface area contributed by atoms with E-state index in [1.165, 1.54) is 13.8 Å². The van der Waals surface area contributed by atoms with Crippen molar-refractivity contribution in [1.82, 2.24) is 21.3 Å². The van der Waals surface area contributed by atoms with Crippen molar-refractivity contribution < 1.29 is 44.4 Å². The Morgan fingerprint density at radius 2 is 1.03 bits per heavy atom. The molecule has 0 saturated heterocycles. The van der Waals surface area contributed by atoms with Gasteiger partial charge in [0.15, 0.2) is 29.6 Å². The maximum absolute atomic E-state index is 12.0. The maximum Gasteiger partial charge on any atom is 0.336 e. The second-order valence-corrected chi connectivity index (χ2v) is 7.74. The number of carboxylic acid groups (broad SMARTS) is 1. The highest BCUT2D eigenvalue weighted by Gasteiger charge is 2.40. The average molecular weight is 477 g/mol. The molecule has 2 atom stereocenters. The zero-order valence-corrected chi connectivity index (χ0v) is 19.1. The van der Waals surface area contributed by atoms with E-state index in [9.17, 15) is 44.4 Å². The van der Waals surface area contributed by atoms with Gasteiger partial charge in [0.1, 0.15) is 0 Å². The molecule has 2 unspecified atom stereocenters. The molecule has 0 aliphatic carbocycles. The van der Waals surface area contributed by atoms with Crippen molar-refractivity contribution in [2.24, 2.45) is 0 Å². The van der Waals surface area contributed by atoms with Gasteiger partial charge in [0.05, 0.1) is 12.8 Å². The number of carboxylic acids is 1. The van der Waals surface area contributed by atoms with Gasteiger partial charge in [0.25, 0.3) is 0 Å². The Bertz CT molecular complexity index is 626. The predicted octanol–water partition coefficient (Wildman–Crippen LogP) is -2.63. The van der Waals surface area contributed by atoms with Crippen LogP contribution < -0.4 is 21.3 Å². The minimum Gasteiger partial charge on any atom is -0.479 e. The van der Waals surface area contributed by atoms with Gasteiger partial charge in [0, 0.05) is 13.1 Å². The van der Waals surface area contributed by atoms with E-state index in [2.05, 4.69) is 21.3 Å². The molecule has 0 saturated carbocycles. The van der Waals surface area contributed by atoms with Gasteiger partial charge in [0.2, 0.25) is 11.8 Å². The van der Waals surface area contributed by atoms with Crippen molar-refractivity contribution in [1.29, 1.82) is 0 Å². The lowest BCUT2D eigenvalue weighted by Gasteiger charge is -2.22. The van der Waals surface area contributed by atoms with E-state index in [1.807, 2.05) is 0 Å². The number of Topliss-reactive ketones (excluding diaryl/α,β-unsaturated/α-hetero) is 2. The van der Waals surface area contributed by atoms with Crippen LogP contribution >= 0.6 is 0 Å². The zero-order chi connectivity index (χ0) is 25.4. The number of ketones is 2. The molecule has 0 spiro atoms. The van der Waals surface area contributed by atoms with Gasteiger partial charge in [-0.05, 0) is 52.6 Å². The Morgan fingerprint density at radius 3 is 1.33 bits per heavy atom. The summed E-state index contributed by atoms with van der Waals surface area (Å²) in [4.78, 5) is 57.2. The fourth-order valence-electron chi connectivity index (χ4n) is 2.59. The largest absolute Gasteiger partial charge is 0.479 e. The van der Waals surface area contributed by atoms with E-state index < -0.39 is 60.2 Å². The summed E-state index contributed by atoms with van der Waals surface area (Å²) in [7, 11) is 0. The van der Waals surface area contributed by atoms with Crippen molar-refractivity contribution >= 4 is 29.4 Å². The van der Waals surface area contributed by atoms with Crippen LogP contribution in [0.3, 0.4) is 0 Å². The Kier molecular flexibility index (Phi) is 15.0. The molecule has 13 heteroatoms. The van der Waals surface area contributed by atoms with Gasteiger partial charge >= 0.3 is 5.97 Å². The number of aliphatic carboxylic acids is 1. The fraction of sp³-hybridized carbons (Fsp3) is 0.750. The molecular weight excluding hydrogens is 440 g/mol. The number of aliphatic hydroxyl groups excluding tert-OH is 2. The van der Waals surface area contributed by atoms with Crippen LogP contribution in [0.1, 0.15) is 52.4 Å². The molecular formula is C20H36N4O9. The summed E-state index contributed by atoms with van der Waals surface area (Å²) >= 11 is 0. The second kappa shape index (κ2) is 16.2. The zero-order valence-electron chi connectivity index (χ0n) is 19.1. The van der Waals surface area contributed by atoms with Gasteiger partial charge in [-0.1, -0.05) is 0 Å². The second-order valence-electron chi connectivity index (χ2n) is 7.74. The van der Waals surface area contributed by atoms with E-state index >= 15 is 0 Å². The van der Waals surface area contributed by atoms with E-state index in [4.69, 9.17) is 0 Å². The van der Waals surface area contributed by atoms with Gasteiger partial charge in [-0.3, -0.25) is 29.8 Å². The number of carbonyl (C=O) groups is 5. The van der Waals surface area contributed by atoms with Crippen molar-refractivity contribution in [2.75, 3.05) is 26.2 Å². The van der Waals surface area contributed by atoms with Gasteiger partial charge in [-0.2, -0.15) is 0 Å². The number of unbranched alkanes of at least 4 members (excludes halogenated alkanes) is 2. The summed E-state index contributed by atoms with van der Waals surface area (Å²) in [6.07, 6.45) is -2.08. The monoisotopic (exact) mass is 476 g/mol. The first-order valence-electron chi connectivity index (χ1n) is 10.7. The van der Waals surface area contributed by atoms with Crippen molar-refractivity contribution in [2.45, 2.75) is 70.4 Å². The van der Waals surface area contributed by atoms with Gasteiger partial charge < -0.3 is 31.1 Å². The minimum absolute atomic E-state index is 0.185. The smallest absolute Gasteiger partial charge is 0.336 e. The highest BCUT2D eigenvalue weighted by atomic mass is 16.4. The molecule has 0 aromatic rings. The normalized spacial score (nSPS) is 14.6. The first-order valence-corrected chi connectivity index (χ1v) is 10.7. The Labute approximate surface area is 192 Å². The molecule has 33 heavy (non-hydrogen) atoms. The quantitative estimate of drug-likeness (QED) is 0.0712. The summed E-state index contributed by atoms with van der Waals surface area (Å²) in [5.74, 6) is -4.00. The molecule has 0 aromatic heterocycles. The summed E-state index contributed by atoms with van der Waals surface area (Å²) in [5, 5.41) is 48.2. The van der Waals surface area contributed by atoms with Crippen molar-refractivity contribution in [3.05, 3.63) is 0 Å². The van der Waals surface area contributed by atoms with E-state index in [-0.39, 0.29) is 13.1 Å².